The molecule has 0 amide bonds. The molecule has 3 heteroatoms. The van der Waals surface area contributed by atoms with Crippen molar-refractivity contribution in [1.29, 1.82) is 0 Å². The SMILES string of the molecule is CCCNC(CN(C)C)c1ccc(F)cc1. The number of halogens is 1. The Morgan fingerprint density at radius 1 is 1.25 bits per heavy atom. The van der Waals surface area contributed by atoms with Crippen LogP contribution in [0.1, 0.15) is 24.9 Å². The quantitative estimate of drug-likeness (QED) is 0.798. The lowest BCUT2D eigenvalue weighted by Crippen LogP contribution is -2.31. The monoisotopic (exact) mass is 224 g/mol. The van der Waals surface area contributed by atoms with E-state index >= 15 is 0 Å². The molecule has 0 radical (unpaired) electrons. The fraction of sp³-hybridized carbons (Fsp3) is 0.538. The minimum Gasteiger partial charge on any atom is -0.309 e. The Labute approximate surface area is 97.5 Å². The Bertz CT molecular complexity index is 295. The number of hydrogen-bond donors (Lipinski definition) is 1. The van der Waals surface area contributed by atoms with Crippen molar-refractivity contribution >= 4 is 0 Å². The van der Waals surface area contributed by atoms with Gasteiger partial charge < -0.3 is 10.2 Å². The lowest BCUT2D eigenvalue weighted by molar-refractivity contribution is 0.342. The van der Waals surface area contributed by atoms with Gasteiger partial charge in [-0.05, 0) is 44.8 Å². The fourth-order valence-electron chi connectivity index (χ4n) is 1.67. The maximum Gasteiger partial charge on any atom is 0.123 e. The molecule has 1 rings (SSSR count). The van der Waals surface area contributed by atoms with Gasteiger partial charge in [0.05, 0.1) is 0 Å². The molecule has 0 saturated heterocycles. The average Bonchev–Trinajstić information content (AvgIpc) is 2.25. The third kappa shape index (κ3) is 4.29. The number of rotatable bonds is 6. The molecule has 0 saturated carbocycles. The molecule has 1 aromatic rings. The number of hydrogen-bond acceptors (Lipinski definition) is 2. The summed E-state index contributed by atoms with van der Waals surface area (Å²) in [5.74, 6) is -0.178. The van der Waals surface area contributed by atoms with Crippen LogP contribution in [-0.4, -0.2) is 32.1 Å². The van der Waals surface area contributed by atoms with Crippen LogP contribution < -0.4 is 5.32 Å². The Hall–Kier alpha value is -0.930. The standard InChI is InChI=1S/C13H21FN2/c1-4-9-15-13(10-16(2)3)11-5-7-12(14)8-6-11/h5-8,13,15H,4,9-10H2,1-3H3. The molecule has 1 aromatic carbocycles. The second-order valence-corrected chi connectivity index (χ2v) is 4.32. The van der Waals surface area contributed by atoms with E-state index in [2.05, 4.69) is 17.1 Å². The lowest BCUT2D eigenvalue weighted by Gasteiger charge is -2.22. The van der Waals surface area contributed by atoms with Gasteiger partial charge in [0.25, 0.3) is 0 Å². The molecule has 0 aliphatic carbocycles. The third-order valence-electron chi connectivity index (χ3n) is 2.46. The van der Waals surface area contributed by atoms with Crippen molar-refractivity contribution in [2.45, 2.75) is 19.4 Å². The van der Waals surface area contributed by atoms with Crippen LogP contribution in [0.25, 0.3) is 0 Å². The maximum absolute atomic E-state index is 12.8. The lowest BCUT2D eigenvalue weighted by atomic mass is 10.1. The highest BCUT2D eigenvalue weighted by atomic mass is 19.1. The van der Waals surface area contributed by atoms with Crippen molar-refractivity contribution in [1.82, 2.24) is 10.2 Å². The summed E-state index contributed by atoms with van der Waals surface area (Å²) in [7, 11) is 4.09. The van der Waals surface area contributed by atoms with E-state index in [9.17, 15) is 4.39 Å². The van der Waals surface area contributed by atoms with Gasteiger partial charge in [0.2, 0.25) is 0 Å². The molecule has 1 unspecified atom stereocenters. The molecule has 0 aromatic heterocycles. The smallest absolute Gasteiger partial charge is 0.123 e. The predicted molar refractivity (Wildman–Crippen MR) is 66.0 cm³/mol. The van der Waals surface area contributed by atoms with Gasteiger partial charge in [0, 0.05) is 12.6 Å². The van der Waals surface area contributed by atoms with Crippen LogP contribution in [0.15, 0.2) is 24.3 Å². The summed E-state index contributed by atoms with van der Waals surface area (Å²) in [6, 6.07) is 7.02. The van der Waals surface area contributed by atoms with Crippen molar-refractivity contribution < 1.29 is 4.39 Å². The van der Waals surface area contributed by atoms with E-state index in [0.29, 0.717) is 0 Å². The summed E-state index contributed by atoms with van der Waals surface area (Å²) >= 11 is 0. The Balaban J connectivity index is 2.70. The molecular formula is C13H21FN2. The van der Waals surface area contributed by atoms with Gasteiger partial charge in [-0.1, -0.05) is 19.1 Å². The fourth-order valence-corrected chi connectivity index (χ4v) is 1.67. The van der Waals surface area contributed by atoms with Crippen molar-refractivity contribution in [2.24, 2.45) is 0 Å². The minimum atomic E-state index is -0.178. The topological polar surface area (TPSA) is 15.3 Å². The number of likely N-dealkylation sites (N-methyl/N-ethyl adjacent to an activating group) is 1. The van der Waals surface area contributed by atoms with Gasteiger partial charge in [-0.15, -0.1) is 0 Å². The first kappa shape index (κ1) is 13.1. The highest BCUT2D eigenvalue weighted by molar-refractivity contribution is 5.20. The van der Waals surface area contributed by atoms with Crippen molar-refractivity contribution in [2.75, 3.05) is 27.2 Å². The summed E-state index contributed by atoms with van der Waals surface area (Å²) in [5.41, 5.74) is 1.14. The second kappa shape index (κ2) is 6.61. The van der Waals surface area contributed by atoms with E-state index in [0.717, 1.165) is 25.1 Å². The molecule has 90 valence electrons. The van der Waals surface area contributed by atoms with Gasteiger partial charge in [-0.3, -0.25) is 0 Å². The van der Waals surface area contributed by atoms with E-state index in [1.54, 1.807) is 0 Å². The Morgan fingerprint density at radius 2 is 1.88 bits per heavy atom. The zero-order valence-electron chi connectivity index (χ0n) is 10.3. The van der Waals surface area contributed by atoms with Crippen LogP contribution in [0.4, 0.5) is 4.39 Å². The summed E-state index contributed by atoms with van der Waals surface area (Å²) < 4.78 is 12.8. The molecule has 2 nitrogen and oxygen atoms in total. The molecule has 0 spiro atoms. The molecule has 1 N–H and O–H groups in total. The Morgan fingerprint density at radius 3 is 2.38 bits per heavy atom. The van der Waals surface area contributed by atoms with E-state index < -0.39 is 0 Å². The molecule has 0 heterocycles. The van der Waals surface area contributed by atoms with E-state index in [1.165, 1.54) is 12.1 Å². The highest BCUT2D eigenvalue weighted by Gasteiger charge is 2.11. The molecule has 16 heavy (non-hydrogen) atoms. The van der Waals surface area contributed by atoms with Crippen LogP contribution in [0.2, 0.25) is 0 Å². The number of nitrogens with zero attached hydrogens (tertiary/aromatic N) is 1. The van der Waals surface area contributed by atoms with Crippen LogP contribution >= 0.6 is 0 Å². The Kier molecular flexibility index (Phi) is 5.43. The zero-order chi connectivity index (χ0) is 12.0. The third-order valence-corrected chi connectivity index (χ3v) is 2.46. The number of benzene rings is 1. The first-order chi connectivity index (χ1) is 7.63. The zero-order valence-corrected chi connectivity index (χ0v) is 10.3. The summed E-state index contributed by atoms with van der Waals surface area (Å²) in [4.78, 5) is 2.14. The normalized spacial score (nSPS) is 13.1. The first-order valence-electron chi connectivity index (χ1n) is 5.77. The van der Waals surface area contributed by atoms with Crippen molar-refractivity contribution in [3.05, 3.63) is 35.6 Å². The van der Waals surface area contributed by atoms with E-state index in [4.69, 9.17) is 0 Å². The minimum absolute atomic E-state index is 0.178. The van der Waals surface area contributed by atoms with Gasteiger partial charge in [-0.25, -0.2) is 4.39 Å². The maximum atomic E-state index is 12.8. The molecule has 0 bridgehead atoms. The summed E-state index contributed by atoms with van der Waals surface area (Å²) in [6.45, 7) is 4.05. The average molecular weight is 224 g/mol. The highest BCUT2D eigenvalue weighted by Crippen LogP contribution is 2.14. The summed E-state index contributed by atoms with van der Waals surface area (Å²) in [6.07, 6.45) is 1.10. The first-order valence-corrected chi connectivity index (χ1v) is 5.77. The second-order valence-electron chi connectivity index (χ2n) is 4.32. The van der Waals surface area contributed by atoms with Crippen LogP contribution in [-0.2, 0) is 0 Å². The van der Waals surface area contributed by atoms with Gasteiger partial charge in [-0.2, -0.15) is 0 Å². The van der Waals surface area contributed by atoms with Crippen molar-refractivity contribution in [3.63, 3.8) is 0 Å². The molecule has 0 fully saturated rings. The largest absolute Gasteiger partial charge is 0.309 e. The van der Waals surface area contributed by atoms with Gasteiger partial charge >= 0.3 is 0 Å². The van der Waals surface area contributed by atoms with Crippen LogP contribution in [0.3, 0.4) is 0 Å². The van der Waals surface area contributed by atoms with Crippen molar-refractivity contribution in [3.8, 4) is 0 Å². The summed E-state index contributed by atoms with van der Waals surface area (Å²) in [5, 5.41) is 3.47. The van der Waals surface area contributed by atoms with Crippen LogP contribution in [0, 0.1) is 5.82 Å². The molecule has 1 atom stereocenters. The van der Waals surface area contributed by atoms with E-state index in [1.807, 2.05) is 26.2 Å². The van der Waals surface area contributed by atoms with Gasteiger partial charge in [0.1, 0.15) is 5.82 Å². The number of nitrogens with one attached hydrogen (secondary N) is 1. The van der Waals surface area contributed by atoms with E-state index in [-0.39, 0.29) is 11.9 Å². The van der Waals surface area contributed by atoms with Crippen LogP contribution in [0.5, 0.6) is 0 Å². The molecule has 0 aliphatic heterocycles. The molecular weight excluding hydrogens is 203 g/mol. The predicted octanol–water partition coefficient (Wildman–Crippen LogP) is 2.43. The molecule has 0 aliphatic rings. The van der Waals surface area contributed by atoms with Gasteiger partial charge in [0.15, 0.2) is 0 Å².